The largest absolute Gasteiger partial charge is 0.379 e. The highest BCUT2D eigenvalue weighted by Crippen LogP contribution is 2.15. The molecular formula is C6H12FNO. The molecule has 0 aromatic carbocycles. The Hall–Kier alpha value is -0.150. The average molecular weight is 133 g/mol. The van der Waals surface area contributed by atoms with E-state index in [0.717, 1.165) is 19.4 Å². The molecular weight excluding hydrogens is 121 g/mol. The molecule has 0 spiro atoms. The smallest absolute Gasteiger partial charge is 0.110 e. The van der Waals surface area contributed by atoms with Crippen LogP contribution in [0.4, 0.5) is 4.39 Å². The summed E-state index contributed by atoms with van der Waals surface area (Å²) in [6.45, 7) is 0.648. The summed E-state index contributed by atoms with van der Waals surface area (Å²) in [5.41, 5.74) is 4.89. The summed E-state index contributed by atoms with van der Waals surface area (Å²) in [6.07, 6.45) is 1.64. The van der Waals surface area contributed by atoms with Crippen LogP contribution >= 0.6 is 0 Å². The third-order valence-electron chi connectivity index (χ3n) is 1.62. The van der Waals surface area contributed by atoms with Crippen molar-refractivity contribution < 1.29 is 9.13 Å². The number of ether oxygens (including phenoxy) is 1. The Morgan fingerprint density at radius 2 is 2.44 bits per heavy atom. The lowest BCUT2D eigenvalue weighted by Crippen LogP contribution is -2.49. The molecule has 9 heavy (non-hydrogen) atoms. The molecule has 2 N–H and O–H groups in total. The van der Waals surface area contributed by atoms with E-state index in [4.69, 9.17) is 10.5 Å². The van der Waals surface area contributed by atoms with Gasteiger partial charge in [-0.25, -0.2) is 4.39 Å². The quantitative estimate of drug-likeness (QED) is 0.564. The Labute approximate surface area is 54.2 Å². The topological polar surface area (TPSA) is 35.2 Å². The fraction of sp³-hybridized carbons (Fsp3) is 1.00. The lowest BCUT2D eigenvalue weighted by molar-refractivity contribution is 0.0274. The van der Waals surface area contributed by atoms with Gasteiger partial charge in [-0.3, -0.25) is 0 Å². The Morgan fingerprint density at radius 3 is 2.78 bits per heavy atom. The fourth-order valence-corrected chi connectivity index (χ4v) is 0.979. The zero-order chi connectivity index (χ0) is 6.74. The summed E-state index contributed by atoms with van der Waals surface area (Å²) >= 11 is 0. The van der Waals surface area contributed by atoms with Crippen molar-refractivity contribution in [1.29, 1.82) is 0 Å². The summed E-state index contributed by atoms with van der Waals surface area (Å²) in [5.74, 6) is 0. The molecule has 1 unspecified atom stereocenters. The highest BCUT2D eigenvalue weighted by atomic mass is 19.1. The summed E-state index contributed by atoms with van der Waals surface area (Å²) < 4.78 is 17.1. The predicted molar refractivity (Wildman–Crippen MR) is 32.9 cm³/mol. The van der Waals surface area contributed by atoms with Crippen LogP contribution in [-0.4, -0.2) is 25.4 Å². The first-order valence-electron chi connectivity index (χ1n) is 3.19. The van der Waals surface area contributed by atoms with Gasteiger partial charge in [0.1, 0.15) is 6.67 Å². The third-order valence-corrected chi connectivity index (χ3v) is 1.62. The van der Waals surface area contributed by atoms with Crippen LogP contribution in [0.3, 0.4) is 0 Å². The Morgan fingerprint density at radius 1 is 1.67 bits per heavy atom. The van der Waals surface area contributed by atoms with Crippen LogP contribution in [0.25, 0.3) is 0 Å². The number of rotatable bonds is 1. The van der Waals surface area contributed by atoms with Gasteiger partial charge in [-0.2, -0.15) is 0 Å². The van der Waals surface area contributed by atoms with E-state index in [1.807, 2.05) is 0 Å². The summed E-state index contributed by atoms with van der Waals surface area (Å²) in [6, 6.07) is 0. The van der Waals surface area contributed by atoms with Crippen molar-refractivity contribution in [3.8, 4) is 0 Å². The van der Waals surface area contributed by atoms with Crippen molar-refractivity contribution in [3.63, 3.8) is 0 Å². The molecule has 1 atom stereocenters. The molecule has 1 heterocycles. The zero-order valence-corrected chi connectivity index (χ0v) is 5.40. The van der Waals surface area contributed by atoms with Crippen LogP contribution in [-0.2, 0) is 4.74 Å². The van der Waals surface area contributed by atoms with Crippen molar-refractivity contribution in [2.75, 3.05) is 19.9 Å². The third kappa shape index (κ3) is 1.63. The van der Waals surface area contributed by atoms with Gasteiger partial charge in [0.15, 0.2) is 0 Å². The molecule has 0 amide bonds. The van der Waals surface area contributed by atoms with E-state index in [0.29, 0.717) is 6.61 Å². The molecule has 0 saturated carbocycles. The van der Waals surface area contributed by atoms with Gasteiger partial charge in [-0.05, 0) is 12.8 Å². The molecule has 3 heteroatoms. The minimum absolute atomic E-state index is 0.378. The van der Waals surface area contributed by atoms with E-state index in [1.165, 1.54) is 0 Å². The second-order valence-electron chi connectivity index (χ2n) is 2.65. The molecule has 0 aromatic heterocycles. The van der Waals surface area contributed by atoms with Crippen LogP contribution in [0.1, 0.15) is 12.8 Å². The second kappa shape index (κ2) is 2.62. The highest BCUT2D eigenvalue weighted by molar-refractivity contribution is 4.85. The standard InChI is InChI=1S/C6H12FNO/c7-4-6(8)2-1-3-9-5-6/h1-5,8H2. The van der Waals surface area contributed by atoms with E-state index < -0.39 is 12.2 Å². The molecule has 0 bridgehead atoms. The van der Waals surface area contributed by atoms with Gasteiger partial charge in [0.2, 0.25) is 0 Å². The van der Waals surface area contributed by atoms with Gasteiger partial charge in [0.05, 0.1) is 12.1 Å². The van der Waals surface area contributed by atoms with E-state index in [2.05, 4.69) is 0 Å². The maximum absolute atomic E-state index is 12.1. The number of hydrogen-bond donors (Lipinski definition) is 1. The molecule has 1 fully saturated rings. The van der Waals surface area contributed by atoms with Gasteiger partial charge in [-0.1, -0.05) is 0 Å². The van der Waals surface area contributed by atoms with Gasteiger partial charge >= 0.3 is 0 Å². The van der Waals surface area contributed by atoms with E-state index in [9.17, 15) is 4.39 Å². The van der Waals surface area contributed by atoms with Crippen molar-refractivity contribution in [2.45, 2.75) is 18.4 Å². The summed E-state index contributed by atoms with van der Waals surface area (Å²) in [4.78, 5) is 0. The monoisotopic (exact) mass is 133 g/mol. The maximum Gasteiger partial charge on any atom is 0.110 e. The molecule has 0 radical (unpaired) electrons. The highest BCUT2D eigenvalue weighted by Gasteiger charge is 2.27. The van der Waals surface area contributed by atoms with Crippen molar-refractivity contribution in [1.82, 2.24) is 0 Å². The van der Waals surface area contributed by atoms with Crippen LogP contribution in [0, 0.1) is 0 Å². The molecule has 54 valence electrons. The fourth-order valence-electron chi connectivity index (χ4n) is 0.979. The van der Waals surface area contributed by atoms with Crippen LogP contribution < -0.4 is 5.73 Å². The first-order chi connectivity index (χ1) is 4.27. The van der Waals surface area contributed by atoms with Crippen LogP contribution in [0.2, 0.25) is 0 Å². The molecule has 1 saturated heterocycles. The maximum atomic E-state index is 12.1. The van der Waals surface area contributed by atoms with E-state index in [-0.39, 0.29) is 0 Å². The van der Waals surface area contributed by atoms with Crippen LogP contribution in [0.5, 0.6) is 0 Å². The average Bonchev–Trinajstić information content (AvgIpc) is 1.90. The summed E-state index contributed by atoms with van der Waals surface area (Å²) in [5, 5.41) is 0. The van der Waals surface area contributed by atoms with Gasteiger partial charge in [0, 0.05) is 6.61 Å². The minimum Gasteiger partial charge on any atom is -0.379 e. The molecule has 0 aromatic rings. The Balaban J connectivity index is 2.37. The predicted octanol–water partition coefficient (Wildman–Crippen LogP) is 0.464. The number of nitrogens with two attached hydrogens (primary N) is 1. The normalized spacial score (nSPS) is 36.7. The minimum atomic E-state index is -0.668. The van der Waals surface area contributed by atoms with Crippen LogP contribution in [0.15, 0.2) is 0 Å². The van der Waals surface area contributed by atoms with E-state index >= 15 is 0 Å². The number of halogens is 1. The van der Waals surface area contributed by atoms with Gasteiger partial charge in [-0.15, -0.1) is 0 Å². The molecule has 1 aliphatic rings. The second-order valence-corrected chi connectivity index (χ2v) is 2.65. The van der Waals surface area contributed by atoms with Crippen molar-refractivity contribution in [2.24, 2.45) is 5.73 Å². The van der Waals surface area contributed by atoms with Crippen molar-refractivity contribution in [3.05, 3.63) is 0 Å². The Kier molecular flexibility index (Phi) is 2.03. The molecule has 2 nitrogen and oxygen atoms in total. The summed E-state index contributed by atoms with van der Waals surface area (Å²) in [7, 11) is 0. The molecule has 1 aliphatic heterocycles. The zero-order valence-electron chi connectivity index (χ0n) is 5.40. The number of alkyl halides is 1. The lowest BCUT2D eigenvalue weighted by Gasteiger charge is -2.29. The SMILES string of the molecule is NC1(CF)CCCOC1. The Bertz CT molecular complexity index is 91.1. The lowest BCUT2D eigenvalue weighted by atomic mass is 9.96. The van der Waals surface area contributed by atoms with Crippen molar-refractivity contribution >= 4 is 0 Å². The van der Waals surface area contributed by atoms with Gasteiger partial charge in [0.25, 0.3) is 0 Å². The number of hydrogen-bond acceptors (Lipinski definition) is 2. The first kappa shape index (κ1) is 6.96. The molecule has 1 rings (SSSR count). The molecule has 0 aliphatic carbocycles. The first-order valence-corrected chi connectivity index (χ1v) is 3.19. The van der Waals surface area contributed by atoms with E-state index in [1.54, 1.807) is 0 Å². The van der Waals surface area contributed by atoms with Gasteiger partial charge < -0.3 is 10.5 Å².